The minimum Gasteiger partial charge on any atom is -0.444 e. The molecule has 128 valence electrons. The minimum absolute atomic E-state index is 0.0214. The Morgan fingerprint density at radius 1 is 1.32 bits per heavy atom. The van der Waals surface area contributed by atoms with E-state index in [1.54, 1.807) is 4.90 Å². The third-order valence-corrected chi connectivity index (χ3v) is 3.79. The van der Waals surface area contributed by atoms with Crippen molar-refractivity contribution in [2.45, 2.75) is 71.6 Å². The summed E-state index contributed by atoms with van der Waals surface area (Å²) in [6, 6.07) is -0.537. The SMILES string of the molecule is CC(C)[C@H](N)C(=O)NC[C@@H]1CCCCN1C(=O)OC(C)(C)C. The van der Waals surface area contributed by atoms with Crippen molar-refractivity contribution >= 4 is 12.0 Å². The van der Waals surface area contributed by atoms with Gasteiger partial charge in [-0.2, -0.15) is 0 Å². The molecule has 22 heavy (non-hydrogen) atoms. The molecular formula is C16H31N3O3. The highest BCUT2D eigenvalue weighted by molar-refractivity contribution is 5.81. The van der Waals surface area contributed by atoms with E-state index in [0.29, 0.717) is 13.1 Å². The normalized spacial score (nSPS) is 20.7. The summed E-state index contributed by atoms with van der Waals surface area (Å²) in [5.74, 6) is -0.0713. The number of likely N-dealkylation sites (tertiary alicyclic amines) is 1. The van der Waals surface area contributed by atoms with Crippen LogP contribution < -0.4 is 11.1 Å². The second-order valence-corrected chi connectivity index (χ2v) is 7.34. The van der Waals surface area contributed by atoms with Crippen molar-refractivity contribution in [2.75, 3.05) is 13.1 Å². The van der Waals surface area contributed by atoms with E-state index in [0.717, 1.165) is 19.3 Å². The Bertz CT molecular complexity index is 391. The molecule has 0 unspecified atom stereocenters. The Hall–Kier alpha value is -1.30. The maximum atomic E-state index is 12.3. The van der Waals surface area contributed by atoms with E-state index in [-0.39, 0.29) is 24.0 Å². The molecule has 0 aromatic carbocycles. The van der Waals surface area contributed by atoms with Crippen LogP contribution in [0.3, 0.4) is 0 Å². The molecule has 1 heterocycles. The second-order valence-electron chi connectivity index (χ2n) is 7.34. The van der Waals surface area contributed by atoms with Crippen LogP contribution in [0, 0.1) is 5.92 Å². The topological polar surface area (TPSA) is 84.7 Å². The number of ether oxygens (including phenoxy) is 1. The van der Waals surface area contributed by atoms with Gasteiger partial charge >= 0.3 is 6.09 Å². The summed E-state index contributed by atoms with van der Waals surface area (Å²) in [5, 5.41) is 2.87. The Morgan fingerprint density at radius 3 is 2.50 bits per heavy atom. The molecule has 6 heteroatoms. The molecule has 6 nitrogen and oxygen atoms in total. The van der Waals surface area contributed by atoms with Crippen LogP contribution in [0.25, 0.3) is 0 Å². The van der Waals surface area contributed by atoms with E-state index in [9.17, 15) is 9.59 Å². The molecule has 0 spiro atoms. The summed E-state index contributed by atoms with van der Waals surface area (Å²) in [6.45, 7) is 10.5. The van der Waals surface area contributed by atoms with Crippen LogP contribution in [0.4, 0.5) is 4.79 Å². The lowest BCUT2D eigenvalue weighted by atomic mass is 10.0. The van der Waals surface area contributed by atoms with Crippen LogP contribution in [0.1, 0.15) is 53.9 Å². The number of carbonyl (C=O) groups is 2. The van der Waals surface area contributed by atoms with Gasteiger partial charge in [0.15, 0.2) is 0 Å². The molecule has 1 aliphatic rings. The highest BCUT2D eigenvalue weighted by Gasteiger charge is 2.31. The number of piperidine rings is 1. The number of rotatable bonds is 4. The lowest BCUT2D eigenvalue weighted by Gasteiger charge is -2.37. The number of amides is 2. The van der Waals surface area contributed by atoms with Gasteiger partial charge in [0.2, 0.25) is 5.91 Å². The van der Waals surface area contributed by atoms with Crippen LogP contribution in [-0.2, 0) is 9.53 Å². The van der Waals surface area contributed by atoms with Crippen molar-refractivity contribution in [1.82, 2.24) is 10.2 Å². The molecule has 0 aliphatic carbocycles. The average molecular weight is 313 g/mol. The Kier molecular flexibility index (Phi) is 6.66. The molecule has 1 aliphatic heterocycles. The third kappa shape index (κ3) is 5.83. The van der Waals surface area contributed by atoms with Gasteiger partial charge in [-0.25, -0.2) is 4.79 Å². The minimum atomic E-state index is -0.515. The van der Waals surface area contributed by atoms with E-state index < -0.39 is 11.6 Å². The fourth-order valence-electron chi connectivity index (χ4n) is 2.41. The Balaban J connectivity index is 2.59. The summed E-state index contributed by atoms with van der Waals surface area (Å²) in [6.07, 6.45) is 2.58. The van der Waals surface area contributed by atoms with Gasteiger partial charge in [-0.1, -0.05) is 13.8 Å². The first kappa shape index (κ1) is 18.7. The fourth-order valence-corrected chi connectivity index (χ4v) is 2.41. The number of hydrogen-bond donors (Lipinski definition) is 2. The molecule has 1 fully saturated rings. The molecule has 2 amide bonds. The van der Waals surface area contributed by atoms with Gasteiger partial charge in [0, 0.05) is 13.1 Å². The molecule has 0 bridgehead atoms. The van der Waals surface area contributed by atoms with Gasteiger partial charge in [0.05, 0.1) is 12.1 Å². The average Bonchev–Trinajstić information content (AvgIpc) is 2.42. The summed E-state index contributed by atoms with van der Waals surface area (Å²) < 4.78 is 5.45. The lowest BCUT2D eigenvalue weighted by Crippen LogP contribution is -2.53. The van der Waals surface area contributed by atoms with Crippen LogP contribution in [0.15, 0.2) is 0 Å². The third-order valence-electron chi connectivity index (χ3n) is 3.79. The molecule has 3 N–H and O–H groups in total. The predicted molar refractivity (Wildman–Crippen MR) is 86.4 cm³/mol. The van der Waals surface area contributed by atoms with Gasteiger partial charge in [0.1, 0.15) is 5.60 Å². The smallest absolute Gasteiger partial charge is 0.410 e. The zero-order valence-corrected chi connectivity index (χ0v) is 14.5. The van der Waals surface area contributed by atoms with E-state index in [1.807, 2.05) is 34.6 Å². The van der Waals surface area contributed by atoms with Crippen molar-refractivity contribution < 1.29 is 14.3 Å². The van der Waals surface area contributed by atoms with E-state index >= 15 is 0 Å². The monoisotopic (exact) mass is 313 g/mol. The fraction of sp³-hybridized carbons (Fsp3) is 0.875. The number of hydrogen-bond acceptors (Lipinski definition) is 4. The molecule has 2 atom stereocenters. The number of nitrogens with zero attached hydrogens (tertiary/aromatic N) is 1. The quantitative estimate of drug-likeness (QED) is 0.830. The number of nitrogens with one attached hydrogen (secondary N) is 1. The molecular weight excluding hydrogens is 282 g/mol. The zero-order valence-electron chi connectivity index (χ0n) is 14.5. The van der Waals surface area contributed by atoms with Crippen molar-refractivity contribution in [3.05, 3.63) is 0 Å². The second kappa shape index (κ2) is 7.81. The molecule has 0 aromatic heterocycles. The van der Waals surface area contributed by atoms with Crippen LogP contribution in [0.5, 0.6) is 0 Å². The standard InChI is InChI=1S/C16H31N3O3/c1-11(2)13(17)14(20)18-10-12-8-6-7-9-19(12)15(21)22-16(3,4)5/h11-13H,6-10,17H2,1-5H3,(H,18,20)/t12-,13-/m0/s1. The van der Waals surface area contributed by atoms with Crippen LogP contribution in [0.2, 0.25) is 0 Å². The molecule has 0 aromatic rings. The van der Waals surface area contributed by atoms with E-state index in [4.69, 9.17) is 10.5 Å². The maximum absolute atomic E-state index is 12.3. The summed E-state index contributed by atoms with van der Waals surface area (Å²) >= 11 is 0. The van der Waals surface area contributed by atoms with Gasteiger partial charge in [0.25, 0.3) is 0 Å². The van der Waals surface area contributed by atoms with Gasteiger partial charge in [-0.05, 0) is 46.0 Å². The van der Waals surface area contributed by atoms with Crippen molar-refractivity contribution in [1.29, 1.82) is 0 Å². The van der Waals surface area contributed by atoms with Crippen molar-refractivity contribution in [3.8, 4) is 0 Å². The highest BCUT2D eigenvalue weighted by atomic mass is 16.6. The first-order valence-electron chi connectivity index (χ1n) is 8.14. The van der Waals surface area contributed by atoms with Crippen LogP contribution in [-0.4, -0.2) is 47.7 Å². The van der Waals surface area contributed by atoms with Crippen molar-refractivity contribution in [3.63, 3.8) is 0 Å². The van der Waals surface area contributed by atoms with Gasteiger partial charge in [-0.15, -0.1) is 0 Å². The highest BCUT2D eigenvalue weighted by Crippen LogP contribution is 2.20. The van der Waals surface area contributed by atoms with Gasteiger partial charge < -0.3 is 20.7 Å². The molecule has 0 saturated carbocycles. The van der Waals surface area contributed by atoms with E-state index in [1.165, 1.54) is 0 Å². The summed E-state index contributed by atoms with van der Waals surface area (Å²) in [7, 11) is 0. The first-order chi connectivity index (χ1) is 10.1. The number of carbonyl (C=O) groups excluding carboxylic acids is 2. The summed E-state index contributed by atoms with van der Waals surface area (Å²) in [4.78, 5) is 26.0. The maximum Gasteiger partial charge on any atom is 0.410 e. The Morgan fingerprint density at radius 2 is 1.95 bits per heavy atom. The summed E-state index contributed by atoms with van der Waals surface area (Å²) in [5.41, 5.74) is 5.32. The molecule has 0 radical (unpaired) electrons. The predicted octanol–water partition coefficient (Wildman–Crippen LogP) is 1.88. The van der Waals surface area contributed by atoms with Gasteiger partial charge in [-0.3, -0.25) is 4.79 Å². The molecule has 1 rings (SSSR count). The lowest BCUT2D eigenvalue weighted by molar-refractivity contribution is -0.123. The largest absolute Gasteiger partial charge is 0.444 e. The van der Waals surface area contributed by atoms with Crippen molar-refractivity contribution in [2.24, 2.45) is 11.7 Å². The van der Waals surface area contributed by atoms with Crippen LogP contribution >= 0.6 is 0 Å². The number of nitrogens with two attached hydrogens (primary N) is 1. The zero-order chi connectivity index (χ0) is 16.9. The van der Waals surface area contributed by atoms with E-state index in [2.05, 4.69) is 5.32 Å². The Labute approximate surface area is 133 Å². The first-order valence-corrected chi connectivity index (χ1v) is 8.14. The molecule has 1 saturated heterocycles.